The van der Waals surface area contributed by atoms with Crippen molar-refractivity contribution >= 4 is 5.97 Å². The molecule has 0 amide bonds. The number of nitrogens with zero attached hydrogens (tertiary/aromatic N) is 1. The van der Waals surface area contributed by atoms with Crippen molar-refractivity contribution in [2.45, 2.75) is 25.7 Å². The third-order valence-electron chi connectivity index (χ3n) is 2.32. The molecule has 1 rings (SSSR count). The van der Waals surface area contributed by atoms with Crippen LogP contribution >= 0.6 is 0 Å². The zero-order valence-electron chi connectivity index (χ0n) is 7.91. The highest BCUT2D eigenvalue weighted by Gasteiger charge is 2.07. The third kappa shape index (κ3) is 4.68. The Hall–Kier alpha value is -0.830. The first-order valence-corrected chi connectivity index (χ1v) is 4.91. The molecule has 0 atom stereocenters. The number of rotatable bonds is 4. The standard InChI is InChI=1S/C10H17NO2/c12-10(13)6-2-5-9-11-7-3-1-4-8-11/h2,6H,1,3-5,7-9H2,(H,12,13). The van der Waals surface area contributed by atoms with Crippen molar-refractivity contribution in [1.29, 1.82) is 0 Å². The molecule has 0 unspecified atom stereocenters. The van der Waals surface area contributed by atoms with Crippen molar-refractivity contribution in [2.24, 2.45) is 0 Å². The first kappa shape index (κ1) is 10.3. The van der Waals surface area contributed by atoms with Crippen LogP contribution in [0.25, 0.3) is 0 Å². The summed E-state index contributed by atoms with van der Waals surface area (Å²) in [7, 11) is 0. The molecule has 0 aromatic rings. The van der Waals surface area contributed by atoms with Crippen LogP contribution < -0.4 is 0 Å². The second-order valence-corrected chi connectivity index (χ2v) is 3.43. The van der Waals surface area contributed by atoms with Gasteiger partial charge in [-0.1, -0.05) is 12.5 Å². The molecule has 3 nitrogen and oxygen atoms in total. The number of hydrogen-bond donors (Lipinski definition) is 1. The van der Waals surface area contributed by atoms with E-state index in [1.54, 1.807) is 6.08 Å². The van der Waals surface area contributed by atoms with Crippen molar-refractivity contribution in [3.8, 4) is 0 Å². The number of carboxylic acids is 1. The van der Waals surface area contributed by atoms with Crippen LogP contribution in [0, 0.1) is 0 Å². The van der Waals surface area contributed by atoms with E-state index in [1.807, 2.05) is 0 Å². The van der Waals surface area contributed by atoms with Crippen LogP contribution in [-0.2, 0) is 4.79 Å². The normalized spacial score (nSPS) is 19.4. The largest absolute Gasteiger partial charge is 0.478 e. The lowest BCUT2D eigenvalue weighted by Crippen LogP contribution is -2.30. The minimum absolute atomic E-state index is 0.848. The molecule has 13 heavy (non-hydrogen) atoms. The maximum Gasteiger partial charge on any atom is 0.327 e. The van der Waals surface area contributed by atoms with E-state index in [-0.39, 0.29) is 0 Å². The molecule has 1 heterocycles. The Bertz CT molecular complexity index is 183. The summed E-state index contributed by atoms with van der Waals surface area (Å²) in [5.41, 5.74) is 0. The molecule has 0 saturated carbocycles. The Morgan fingerprint density at radius 1 is 1.31 bits per heavy atom. The zero-order chi connectivity index (χ0) is 9.52. The topological polar surface area (TPSA) is 40.5 Å². The van der Waals surface area contributed by atoms with E-state index in [2.05, 4.69) is 4.90 Å². The van der Waals surface area contributed by atoms with Crippen LogP contribution in [0.2, 0.25) is 0 Å². The fourth-order valence-corrected chi connectivity index (χ4v) is 1.62. The molecule has 0 aromatic carbocycles. The molecular weight excluding hydrogens is 166 g/mol. The molecular formula is C10H17NO2. The minimum atomic E-state index is -0.848. The van der Waals surface area contributed by atoms with Gasteiger partial charge in [-0.3, -0.25) is 0 Å². The molecule has 1 fully saturated rings. The van der Waals surface area contributed by atoms with Crippen LogP contribution in [0.15, 0.2) is 12.2 Å². The van der Waals surface area contributed by atoms with Gasteiger partial charge >= 0.3 is 5.97 Å². The van der Waals surface area contributed by atoms with Crippen molar-refractivity contribution in [1.82, 2.24) is 4.90 Å². The average Bonchev–Trinajstić information content (AvgIpc) is 2.14. The Labute approximate surface area is 79.0 Å². The number of likely N-dealkylation sites (tertiary alicyclic amines) is 1. The van der Waals surface area contributed by atoms with E-state index < -0.39 is 5.97 Å². The highest BCUT2D eigenvalue weighted by Crippen LogP contribution is 2.08. The van der Waals surface area contributed by atoms with Gasteiger partial charge in [-0.25, -0.2) is 4.79 Å². The lowest BCUT2D eigenvalue weighted by atomic mass is 10.1. The fourth-order valence-electron chi connectivity index (χ4n) is 1.62. The maximum absolute atomic E-state index is 10.1. The van der Waals surface area contributed by atoms with Gasteiger partial charge in [0.2, 0.25) is 0 Å². The van der Waals surface area contributed by atoms with E-state index in [9.17, 15) is 4.79 Å². The Morgan fingerprint density at radius 3 is 2.62 bits per heavy atom. The maximum atomic E-state index is 10.1. The molecule has 0 aromatic heterocycles. The van der Waals surface area contributed by atoms with Gasteiger partial charge in [0, 0.05) is 12.6 Å². The van der Waals surface area contributed by atoms with Gasteiger partial charge in [-0.2, -0.15) is 0 Å². The molecule has 1 saturated heterocycles. The first-order chi connectivity index (χ1) is 6.29. The molecule has 0 spiro atoms. The zero-order valence-corrected chi connectivity index (χ0v) is 7.91. The molecule has 1 aliphatic rings. The van der Waals surface area contributed by atoms with E-state index in [1.165, 1.54) is 38.4 Å². The molecule has 0 radical (unpaired) electrons. The minimum Gasteiger partial charge on any atom is -0.478 e. The Kier molecular flexibility index (Phi) is 4.54. The lowest BCUT2D eigenvalue weighted by Gasteiger charge is -2.25. The number of carbonyl (C=O) groups is 1. The second kappa shape index (κ2) is 5.75. The Morgan fingerprint density at radius 2 is 2.00 bits per heavy atom. The highest BCUT2D eigenvalue weighted by atomic mass is 16.4. The third-order valence-corrected chi connectivity index (χ3v) is 2.32. The predicted octanol–water partition coefficient (Wildman–Crippen LogP) is 1.50. The number of piperidine rings is 1. The van der Waals surface area contributed by atoms with Crippen LogP contribution in [0.5, 0.6) is 0 Å². The smallest absolute Gasteiger partial charge is 0.327 e. The van der Waals surface area contributed by atoms with Crippen LogP contribution in [0.1, 0.15) is 25.7 Å². The molecule has 1 N–H and O–H groups in total. The van der Waals surface area contributed by atoms with Crippen molar-refractivity contribution in [3.05, 3.63) is 12.2 Å². The van der Waals surface area contributed by atoms with Gasteiger partial charge < -0.3 is 10.0 Å². The van der Waals surface area contributed by atoms with Gasteiger partial charge in [-0.05, 0) is 32.4 Å². The lowest BCUT2D eigenvalue weighted by molar-refractivity contribution is -0.131. The van der Waals surface area contributed by atoms with Crippen LogP contribution in [0.4, 0.5) is 0 Å². The first-order valence-electron chi connectivity index (χ1n) is 4.91. The van der Waals surface area contributed by atoms with Crippen molar-refractivity contribution in [3.63, 3.8) is 0 Å². The number of aliphatic carboxylic acids is 1. The summed E-state index contributed by atoms with van der Waals surface area (Å²) in [6, 6.07) is 0. The molecule has 0 aliphatic carbocycles. The molecule has 0 bridgehead atoms. The summed E-state index contributed by atoms with van der Waals surface area (Å²) in [6.45, 7) is 3.37. The van der Waals surface area contributed by atoms with Gasteiger partial charge in [0.05, 0.1) is 0 Å². The highest BCUT2D eigenvalue weighted by molar-refractivity contribution is 5.79. The average molecular weight is 183 g/mol. The molecule has 3 heteroatoms. The summed E-state index contributed by atoms with van der Waals surface area (Å²) in [6.07, 6.45) is 7.75. The van der Waals surface area contributed by atoms with E-state index in [0.29, 0.717) is 0 Å². The van der Waals surface area contributed by atoms with Crippen molar-refractivity contribution in [2.75, 3.05) is 19.6 Å². The van der Waals surface area contributed by atoms with Gasteiger partial charge in [0.1, 0.15) is 0 Å². The van der Waals surface area contributed by atoms with Crippen LogP contribution in [0.3, 0.4) is 0 Å². The fraction of sp³-hybridized carbons (Fsp3) is 0.700. The van der Waals surface area contributed by atoms with Gasteiger partial charge in [0.25, 0.3) is 0 Å². The van der Waals surface area contributed by atoms with Gasteiger partial charge in [0.15, 0.2) is 0 Å². The number of carboxylic acid groups (broad SMARTS) is 1. The summed E-state index contributed by atoms with van der Waals surface area (Å²) >= 11 is 0. The van der Waals surface area contributed by atoms with E-state index in [0.717, 1.165) is 13.0 Å². The quantitative estimate of drug-likeness (QED) is 0.671. The van der Waals surface area contributed by atoms with E-state index in [4.69, 9.17) is 5.11 Å². The second-order valence-electron chi connectivity index (χ2n) is 3.43. The Balaban J connectivity index is 2.07. The summed E-state index contributed by atoms with van der Waals surface area (Å²) in [5, 5.41) is 8.35. The molecule has 1 aliphatic heterocycles. The summed E-state index contributed by atoms with van der Waals surface area (Å²) < 4.78 is 0. The molecule has 74 valence electrons. The van der Waals surface area contributed by atoms with Crippen LogP contribution in [-0.4, -0.2) is 35.6 Å². The predicted molar refractivity (Wildman–Crippen MR) is 51.7 cm³/mol. The summed E-state index contributed by atoms with van der Waals surface area (Å²) in [4.78, 5) is 12.5. The van der Waals surface area contributed by atoms with Gasteiger partial charge in [-0.15, -0.1) is 0 Å². The monoisotopic (exact) mass is 183 g/mol. The SMILES string of the molecule is O=C(O)C=CCCN1CCCCC1. The van der Waals surface area contributed by atoms with Crippen molar-refractivity contribution < 1.29 is 9.90 Å². The van der Waals surface area contributed by atoms with E-state index >= 15 is 0 Å². The summed E-state index contributed by atoms with van der Waals surface area (Å²) in [5.74, 6) is -0.848. The number of hydrogen-bond acceptors (Lipinski definition) is 2.